The van der Waals surface area contributed by atoms with Gasteiger partial charge in [-0.05, 0) is 43.1 Å². The maximum atomic E-state index is 8.67. The van der Waals surface area contributed by atoms with Gasteiger partial charge in [0.15, 0.2) is 0 Å². The number of nitrogens with zero attached hydrogens (tertiary/aromatic N) is 5. The second-order valence-electron chi connectivity index (χ2n) is 4.99. The molecule has 1 fully saturated rings. The van der Waals surface area contributed by atoms with Gasteiger partial charge in [-0.25, -0.2) is 4.98 Å². The molecule has 102 valence electrons. The fourth-order valence-electron chi connectivity index (χ4n) is 2.68. The van der Waals surface area contributed by atoms with Crippen molar-refractivity contribution in [3.8, 4) is 5.69 Å². The molecule has 6 heteroatoms. The number of azide groups is 1. The topological polar surface area (TPSA) is 78.6 Å². The van der Waals surface area contributed by atoms with Gasteiger partial charge in [0.05, 0.1) is 12.1 Å². The van der Waals surface area contributed by atoms with E-state index in [-0.39, 0.29) is 12.1 Å². The lowest BCUT2D eigenvalue weighted by Gasteiger charge is -2.17. The van der Waals surface area contributed by atoms with Crippen molar-refractivity contribution in [2.45, 2.75) is 25.4 Å². The Bertz CT molecular complexity index is 655. The van der Waals surface area contributed by atoms with Crippen molar-refractivity contribution >= 4 is 0 Å². The molecule has 6 nitrogen and oxygen atoms in total. The molecule has 0 saturated carbocycles. The Morgan fingerprint density at radius 1 is 1.50 bits per heavy atom. The summed E-state index contributed by atoms with van der Waals surface area (Å²) in [6.07, 6.45) is 4.57. The normalized spacial score (nSPS) is 21.6. The highest BCUT2D eigenvalue weighted by Crippen LogP contribution is 2.27. The molecule has 0 aliphatic carbocycles. The van der Waals surface area contributed by atoms with Gasteiger partial charge in [0.1, 0.15) is 5.82 Å². The van der Waals surface area contributed by atoms with Crippen LogP contribution in [-0.2, 0) is 0 Å². The maximum absolute atomic E-state index is 8.67. The van der Waals surface area contributed by atoms with Crippen LogP contribution in [0, 0.1) is 6.92 Å². The average molecular weight is 268 g/mol. The molecule has 1 aliphatic rings. The number of aromatic nitrogens is 2. The minimum atomic E-state index is -0.0778. The molecule has 3 rings (SSSR count). The third-order valence-electron chi connectivity index (χ3n) is 3.62. The van der Waals surface area contributed by atoms with Crippen LogP contribution in [0.1, 0.15) is 23.9 Å². The lowest BCUT2D eigenvalue weighted by molar-refractivity contribution is 0.531. The zero-order chi connectivity index (χ0) is 13.9. The lowest BCUT2D eigenvalue weighted by atomic mass is 10.1. The van der Waals surface area contributed by atoms with Crippen LogP contribution in [0.25, 0.3) is 16.1 Å². The minimum absolute atomic E-state index is 0.0265. The highest BCUT2D eigenvalue weighted by atomic mass is 15.2. The van der Waals surface area contributed by atoms with E-state index < -0.39 is 0 Å². The highest BCUT2D eigenvalue weighted by molar-refractivity contribution is 5.37. The molecule has 1 saturated heterocycles. The fourth-order valence-corrected chi connectivity index (χ4v) is 2.68. The highest BCUT2D eigenvalue weighted by Gasteiger charge is 2.30. The van der Waals surface area contributed by atoms with Gasteiger partial charge in [-0.1, -0.05) is 17.2 Å². The molecule has 2 aromatic rings. The summed E-state index contributed by atoms with van der Waals surface area (Å²) in [5, 5.41) is 7.25. The second kappa shape index (κ2) is 5.36. The first-order valence-electron chi connectivity index (χ1n) is 6.67. The van der Waals surface area contributed by atoms with Crippen LogP contribution in [0.4, 0.5) is 0 Å². The Hall–Kier alpha value is -2.30. The molecule has 1 N–H and O–H groups in total. The quantitative estimate of drug-likeness (QED) is 0.527. The molecule has 2 heterocycles. The number of rotatable bonds is 3. The SMILES string of the molecule is Cc1cccc(-n2ccnc2[C@H]2NCC[C@H]2N=[N+]=[N-])c1. The Morgan fingerprint density at radius 2 is 2.40 bits per heavy atom. The van der Waals surface area contributed by atoms with E-state index in [4.69, 9.17) is 5.53 Å². The molecule has 0 amide bonds. The second-order valence-corrected chi connectivity index (χ2v) is 4.99. The van der Waals surface area contributed by atoms with Gasteiger partial charge in [0, 0.05) is 23.0 Å². The van der Waals surface area contributed by atoms with E-state index in [9.17, 15) is 0 Å². The van der Waals surface area contributed by atoms with Gasteiger partial charge in [0.2, 0.25) is 0 Å². The summed E-state index contributed by atoms with van der Waals surface area (Å²) in [6, 6.07) is 8.16. The minimum Gasteiger partial charge on any atom is -0.307 e. The van der Waals surface area contributed by atoms with Crippen molar-refractivity contribution in [2.75, 3.05) is 6.54 Å². The number of imidazole rings is 1. The monoisotopic (exact) mass is 268 g/mol. The Morgan fingerprint density at radius 3 is 3.20 bits per heavy atom. The molecule has 0 bridgehead atoms. The molecule has 2 atom stereocenters. The average Bonchev–Trinajstić information content (AvgIpc) is 3.07. The van der Waals surface area contributed by atoms with E-state index in [2.05, 4.69) is 50.0 Å². The first-order valence-corrected chi connectivity index (χ1v) is 6.67. The van der Waals surface area contributed by atoms with Crippen LogP contribution in [0.15, 0.2) is 41.8 Å². The third kappa shape index (κ3) is 2.27. The summed E-state index contributed by atoms with van der Waals surface area (Å²) < 4.78 is 2.05. The summed E-state index contributed by atoms with van der Waals surface area (Å²) in [5.41, 5.74) is 10.9. The van der Waals surface area contributed by atoms with Crippen molar-refractivity contribution in [2.24, 2.45) is 5.11 Å². The van der Waals surface area contributed by atoms with Crippen molar-refractivity contribution in [3.05, 3.63) is 58.5 Å². The van der Waals surface area contributed by atoms with Crippen LogP contribution >= 0.6 is 0 Å². The summed E-state index contributed by atoms with van der Waals surface area (Å²) in [5.74, 6) is 0.894. The molecule has 0 radical (unpaired) electrons. The van der Waals surface area contributed by atoms with Crippen LogP contribution in [-0.4, -0.2) is 22.1 Å². The summed E-state index contributed by atoms with van der Waals surface area (Å²) in [7, 11) is 0. The standard InChI is InChI=1S/C14H16N6/c1-10-3-2-4-11(9-10)20-8-7-17-14(20)13-12(18-19-15)5-6-16-13/h2-4,7-9,12-13,16H,5-6H2,1H3/t12-,13+/m1/s1. The van der Waals surface area contributed by atoms with Crippen LogP contribution in [0.2, 0.25) is 0 Å². The largest absolute Gasteiger partial charge is 0.307 e. The predicted octanol–water partition coefficient (Wildman–Crippen LogP) is 2.89. The molecule has 0 spiro atoms. The first-order chi connectivity index (χ1) is 9.79. The van der Waals surface area contributed by atoms with Gasteiger partial charge >= 0.3 is 0 Å². The molecular formula is C14H16N6. The molecule has 1 aromatic heterocycles. The number of hydrogen-bond donors (Lipinski definition) is 1. The summed E-state index contributed by atoms with van der Waals surface area (Å²) in [4.78, 5) is 7.40. The van der Waals surface area contributed by atoms with E-state index in [1.165, 1.54) is 5.56 Å². The zero-order valence-electron chi connectivity index (χ0n) is 11.3. The Kier molecular flexibility index (Phi) is 3.41. The number of hydrogen-bond acceptors (Lipinski definition) is 3. The first kappa shape index (κ1) is 12.7. The van der Waals surface area contributed by atoms with E-state index in [0.717, 1.165) is 24.5 Å². The van der Waals surface area contributed by atoms with E-state index in [0.29, 0.717) is 0 Å². The smallest absolute Gasteiger partial charge is 0.130 e. The Balaban J connectivity index is 2.00. The maximum Gasteiger partial charge on any atom is 0.130 e. The van der Waals surface area contributed by atoms with Crippen LogP contribution < -0.4 is 5.32 Å². The van der Waals surface area contributed by atoms with Crippen molar-refractivity contribution in [3.63, 3.8) is 0 Å². The molecule has 1 aromatic carbocycles. The fraction of sp³-hybridized carbons (Fsp3) is 0.357. The van der Waals surface area contributed by atoms with Crippen LogP contribution in [0.3, 0.4) is 0 Å². The van der Waals surface area contributed by atoms with E-state index in [1.54, 1.807) is 6.20 Å². The molecule has 20 heavy (non-hydrogen) atoms. The van der Waals surface area contributed by atoms with E-state index >= 15 is 0 Å². The van der Waals surface area contributed by atoms with Gasteiger partial charge in [-0.3, -0.25) is 0 Å². The van der Waals surface area contributed by atoms with Crippen molar-refractivity contribution < 1.29 is 0 Å². The molecular weight excluding hydrogens is 252 g/mol. The predicted molar refractivity (Wildman–Crippen MR) is 76.6 cm³/mol. The van der Waals surface area contributed by atoms with Gasteiger partial charge in [-0.15, -0.1) is 0 Å². The van der Waals surface area contributed by atoms with Crippen molar-refractivity contribution in [1.82, 2.24) is 14.9 Å². The van der Waals surface area contributed by atoms with Crippen molar-refractivity contribution in [1.29, 1.82) is 0 Å². The van der Waals surface area contributed by atoms with Gasteiger partial charge < -0.3 is 9.88 Å². The van der Waals surface area contributed by atoms with Gasteiger partial charge in [0.25, 0.3) is 0 Å². The number of nitrogens with one attached hydrogen (secondary N) is 1. The van der Waals surface area contributed by atoms with E-state index in [1.807, 2.05) is 12.3 Å². The zero-order valence-corrected chi connectivity index (χ0v) is 11.3. The lowest BCUT2D eigenvalue weighted by Crippen LogP contribution is -2.23. The Labute approximate surface area is 117 Å². The molecule has 0 unspecified atom stereocenters. The van der Waals surface area contributed by atoms with Gasteiger partial charge in [-0.2, -0.15) is 0 Å². The third-order valence-corrected chi connectivity index (χ3v) is 3.62. The summed E-state index contributed by atoms with van der Waals surface area (Å²) >= 11 is 0. The summed E-state index contributed by atoms with van der Waals surface area (Å²) in [6.45, 7) is 2.91. The number of benzene rings is 1. The molecule has 1 aliphatic heterocycles. The van der Waals surface area contributed by atoms with Crippen LogP contribution in [0.5, 0.6) is 0 Å². The number of aryl methyl sites for hydroxylation is 1.